The number of carbonyl (C=O) groups excluding carboxylic acids is 1. The number of hydrogen-bond donors (Lipinski definition) is 2. The van der Waals surface area contributed by atoms with Crippen molar-refractivity contribution in [3.63, 3.8) is 0 Å². The Balaban J connectivity index is 2.08. The Bertz CT molecular complexity index is 787. The number of fused-ring (bicyclic) bond motifs is 1. The molecule has 6 nitrogen and oxygen atoms in total. The minimum atomic E-state index is -1.26. The van der Waals surface area contributed by atoms with E-state index in [0.29, 0.717) is 24.3 Å². The van der Waals surface area contributed by atoms with Gasteiger partial charge >= 0.3 is 0 Å². The lowest BCUT2D eigenvalue weighted by Crippen LogP contribution is -3.00. The number of carboxylic acids is 1. The van der Waals surface area contributed by atoms with Crippen molar-refractivity contribution in [3.05, 3.63) is 53.1 Å². The standard InChI is InChI=1S/C19H21NO5/c1-24-14-5-3-12(4-6-14)11-19(18(22)23)15-10-17(25-2)16(21)9-13(15)7-8-20-19/h3-6,9-10,20-21H,7-8,11H2,1-2H3,(H,22,23)/t19-/m1/s1. The molecule has 1 aliphatic heterocycles. The van der Waals surface area contributed by atoms with Crippen molar-refractivity contribution in [1.29, 1.82) is 0 Å². The highest BCUT2D eigenvalue weighted by atomic mass is 16.5. The molecule has 1 atom stereocenters. The number of carboxylic acid groups (broad SMARTS) is 1. The molecule has 1 heterocycles. The molecule has 0 saturated carbocycles. The molecule has 0 saturated heterocycles. The zero-order valence-corrected chi connectivity index (χ0v) is 14.2. The summed E-state index contributed by atoms with van der Waals surface area (Å²) >= 11 is 0. The molecule has 132 valence electrons. The molecule has 0 radical (unpaired) electrons. The molecule has 3 rings (SSSR count). The van der Waals surface area contributed by atoms with Crippen molar-refractivity contribution in [2.75, 3.05) is 20.8 Å². The number of methoxy groups -OCH3 is 2. The first kappa shape index (κ1) is 17.1. The maximum absolute atomic E-state index is 12.2. The number of carbonyl (C=O) groups is 1. The summed E-state index contributed by atoms with van der Waals surface area (Å²) < 4.78 is 10.3. The largest absolute Gasteiger partial charge is 0.543 e. The number of aromatic hydroxyl groups is 1. The van der Waals surface area contributed by atoms with Crippen molar-refractivity contribution >= 4 is 5.97 Å². The summed E-state index contributed by atoms with van der Waals surface area (Å²) in [6, 6.07) is 10.5. The predicted molar refractivity (Wildman–Crippen MR) is 88.5 cm³/mol. The zero-order valence-electron chi connectivity index (χ0n) is 14.2. The molecular formula is C19H21NO5. The summed E-state index contributed by atoms with van der Waals surface area (Å²) in [5.41, 5.74) is 1.02. The van der Waals surface area contributed by atoms with Gasteiger partial charge in [-0.3, -0.25) is 0 Å². The summed E-state index contributed by atoms with van der Waals surface area (Å²) in [6.07, 6.45) is 0.935. The van der Waals surface area contributed by atoms with Gasteiger partial charge in [-0.1, -0.05) is 12.1 Å². The van der Waals surface area contributed by atoms with Crippen molar-refractivity contribution in [3.8, 4) is 17.2 Å². The van der Waals surface area contributed by atoms with Crippen LogP contribution in [0, 0.1) is 0 Å². The number of aliphatic carboxylic acids is 1. The number of nitrogens with two attached hydrogens (primary N) is 1. The number of phenolic OH excluding ortho intramolecular Hbond substituents is 1. The lowest BCUT2D eigenvalue weighted by molar-refractivity contribution is -0.731. The van der Waals surface area contributed by atoms with Crippen LogP contribution in [0.25, 0.3) is 0 Å². The summed E-state index contributed by atoms with van der Waals surface area (Å²) in [5, 5.41) is 24.0. The summed E-state index contributed by atoms with van der Waals surface area (Å²) in [6.45, 7) is 0.600. The van der Waals surface area contributed by atoms with E-state index in [9.17, 15) is 15.0 Å². The van der Waals surface area contributed by atoms with Crippen LogP contribution in [0.2, 0.25) is 0 Å². The van der Waals surface area contributed by atoms with E-state index in [1.54, 1.807) is 36.7 Å². The number of rotatable bonds is 5. The van der Waals surface area contributed by atoms with E-state index < -0.39 is 11.5 Å². The Morgan fingerprint density at radius 1 is 1.24 bits per heavy atom. The minimum absolute atomic E-state index is 0.0137. The van der Waals surface area contributed by atoms with Crippen LogP contribution < -0.4 is 19.9 Å². The average Bonchev–Trinajstić information content (AvgIpc) is 2.61. The molecular weight excluding hydrogens is 322 g/mol. The number of ether oxygens (including phenoxy) is 2. The van der Waals surface area contributed by atoms with Crippen LogP contribution in [0.15, 0.2) is 36.4 Å². The number of hydrogen-bond acceptors (Lipinski definition) is 5. The Morgan fingerprint density at radius 2 is 1.96 bits per heavy atom. The number of quaternary nitrogens is 1. The van der Waals surface area contributed by atoms with Gasteiger partial charge in [-0.05, 0) is 35.4 Å². The van der Waals surface area contributed by atoms with Crippen LogP contribution in [-0.2, 0) is 23.2 Å². The molecule has 0 fully saturated rings. The van der Waals surface area contributed by atoms with Crippen LogP contribution in [0.4, 0.5) is 0 Å². The Hall–Kier alpha value is -2.73. The molecule has 2 aromatic rings. The monoisotopic (exact) mass is 343 g/mol. The van der Waals surface area contributed by atoms with Crippen LogP contribution in [-0.4, -0.2) is 31.8 Å². The van der Waals surface area contributed by atoms with Crippen molar-refractivity contribution in [2.45, 2.75) is 18.4 Å². The fourth-order valence-electron chi connectivity index (χ4n) is 3.48. The first-order valence-electron chi connectivity index (χ1n) is 8.09. The number of benzene rings is 2. The zero-order chi connectivity index (χ0) is 18.0. The quantitative estimate of drug-likeness (QED) is 0.778. The molecule has 0 amide bonds. The Morgan fingerprint density at radius 3 is 2.56 bits per heavy atom. The average molecular weight is 343 g/mol. The van der Waals surface area contributed by atoms with Crippen LogP contribution in [0.3, 0.4) is 0 Å². The van der Waals surface area contributed by atoms with E-state index in [1.165, 1.54) is 7.11 Å². The lowest BCUT2D eigenvalue weighted by Gasteiger charge is -2.38. The first-order chi connectivity index (χ1) is 12.0. The lowest BCUT2D eigenvalue weighted by atomic mass is 9.78. The second kappa shape index (κ2) is 6.64. The Labute approximate surface area is 146 Å². The second-order valence-electron chi connectivity index (χ2n) is 6.21. The smallest absolute Gasteiger partial charge is 0.166 e. The van der Waals surface area contributed by atoms with Gasteiger partial charge in [-0.2, -0.15) is 0 Å². The molecule has 2 aromatic carbocycles. The Kier molecular flexibility index (Phi) is 4.55. The maximum atomic E-state index is 12.2. The van der Waals surface area contributed by atoms with Gasteiger partial charge in [0.15, 0.2) is 17.0 Å². The van der Waals surface area contributed by atoms with E-state index in [-0.39, 0.29) is 17.9 Å². The topological polar surface area (TPSA) is 95.4 Å². The number of phenols is 1. The van der Waals surface area contributed by atoms with E-state index in [0.717, 1.165) is 11.1 Å². The third-order valence-corrected chi connectivity index (χ3v) is 4.80. The normalized spacial score (nSPS) is 19.1. The van der Waals surface area contributed by atoms with Crippen molar-refractivity contribution in [2.24, 2.45) is 0 Å². The molecule has 0 aliphatic carbocycles. The SMILES string of the molecule is COc1ccc(C[C@@]2(C(=O)[O-])[NH2+]CCc3cc(O)c(OC)cc32)cc1. The fourth-order valence-corrected chi connectivity index (χ4v) is 3.48. The van der Waals surface area contributed by atoms with Crippen LogP contribution in [0.5, 0.6) is 17.2 Å². The second-order valence-corrected chi connectivity index (χ2v) is 6.21. The first-order valence-corrected chi connectivity index (χ1v) is 8.09. The highest BCUT2D eigenvalue weighted by molar-refractivity contribution is 5.79. The highest BCUT2D eigenvalue weighted by Crippen LogP contribution is 2.36. The van der Waals surface area contributed by atoms with Crippen molar-refractivity contribution < 1.29 is 29.8 Å². The fraction of sp³-hybridized carbons (Fsp3) is 0.316. The molecule has 25 heavy (non-hydrogen) atoms. The summed E-state index contributed by atoms with van der Waals surface area (Å²) in [5.74, 6) is -0.169. The van der Waals surface area contributed by atoms with E-state index >= 15 is 0 Å². The van der Waals surface area contributed by atoms with Crippen LogP contribution in [0.1, 0.15) is 16.7 Å². The summed E-state index contributed by atoms with van der Waals surface area (Å²) in [7, 11) is 3.03. The van der Waals surface area contributed by atoms with Gasteiger partial charge in [-0.25, -0.2) is 0 Å². The van der Waals surface area contributed by atoms with Gasteiger partial charge in [0.05, 0.1) is 20.8 Å². The van der Waals surface area contributed by atoms with Gasteiger partial charge in [0.1, 0.15) is 11.7 Å². The van der Waals surface area contributed by atoms with Gasteiger partial charge in [0.2, 0.25) is 0 Å². The molecule has 3 N–H and O–H groups in total. The van der Waals surface area contributed by atoms with E-state index in [4.69, 9.17) is 9.47 Å². The molecule has 0 spiro atoms. The van der Waals surface area contributed by atoms with Gasteiger partial charge in [-0.15, -0.1) is 0 Å². The molecule has 0 bridgehead atoms. The molecule has 0 unspecified atom stereocenters. The maximum Gasteiger partial charge on any atom is 0.166 e. The third kappa shape index (κ3) is 3.00. The predicted octanol–water partition coefficient (Wildman–Crippen LogP) is -0.283. The molecule has 6 heteroatoms. The molecule has 1 aliphatic rings. The van der Waals surface area contributed by atoms with Crippen molar-refractivity contribution in [1.82, 2.24) is 0 Å². The summed E-state index contributed by atoms with van der Waals surface area (Å²) in [4.78, 5) is 12.2. The van der Waals surface area contributed by atoms with Crippen LogP contribution >= 0.6 is 0 Å². The molecule has 0 aromatic heterocycles. The third-order valence-electron chi connectivity index (χ3n) is 4.80. The van der Waals surface area contributed by atoms with Gasteiger partial charge < -0.3 is 29.8 Å². The van der Waals surface area contributed by atoms with Gasteiger partial charge in [0.25, 0.3) is 0 Å². The van der Waals surface area contributed by atoms with E-state index in [2.05, 4.69) is 0 Å². The highest BCUT2D eigenvalue weighted by Gasteiger charge is 2.43. The van der Waals surface area contributed by atoms with Gasteiger partial charge in [0, 0.05) is 18.4 Å². The van der Waals surface area contributed by atoms with E-state index in [1.807, 2.05) is 12.1 Å². The minimum Gasteiger partial charge on any atom is -0.543 e.